The van der Waals surface area contributed by atoms with Gasteiger partial charge in [0.1, 0.15) is 0 Å². The van der Waals surface area contributed by atoms with Gasteiger partial charge in [0, 0.05) is 28.8 Å². The van der Waals surface area contributed by atoms with Crippen molar-refractivity contribution < 1.29 is 14.9 Å². The molecule has 0 aliphatic carbocycles. The molecule has 1 saturated heterocycles. The first-order chi connectivity index (χ1) is 14.0. The summed E-state index contributed by atoms with van der Waals surface area (Å²) in [7, 11) is 0. The standard InChI is InChI=1S/C23H24ClNO3S/c1-14-25-22(13-29-14)16-4-2-15(3-5-16)8-18-9-17(6-7-21(18)24)23-11-19(27)10-20(12-26)28-23/h2-7,9,13,19-20,23,26-27H,8,10-12H2,1H3/t19-,20-,23+/m0/s1. The summed E-state index contributed by atoms with van der Waals surface area (Å²) in [6.07, 6.45) is 0.679. The molecule has 1 aliphatic heterocycles. The van der Waals surface area contributed by atoms with Crippen LogP contribution in [0.4, 0.5) is 0 Å². The van der Waals surface area contributed by atoms with Crippen LogP contribution in [0.3, 0.4) is 0 Å². The minimum Gasteiger partial charge on any atom is -0.394 e. The molecule has 1 aromatic heterocycles. The van der Waals surface area contributed by atoms with Crippen molar-refractivity contribution in [2.24, 2.45) is 0 Å². The van der Waals surface area contributed by atoms with Crippen LogP contribution < -0.4 is 0 Å². The van der Waals surface area contributed by atoms with Crippen LogP contribution in [-0.4, -0.2) is 34.0 Å². The fraction of sp³-hybridized carbons (Fsp3) is 0.348. The molecule has 0 saturated carbocycles. The lowest BCUT2D eigenvalue weighted by Gasteiger charge is -2.32. The number of aliphatic hydroxyl groups is 2. The maximum atomic E-state index is 10.1. The van der Waals surface area contributed by atoms with E-state index in [9.17, 15) is 10.2 Å². The summed E-state index contributed by atoms with van der Waals surface area (Å²) in [5.74, 6) is 0. The van der Waals surface area contributed by atoms with Crippen LogP contribution in [0.2, 0.25) is 5.02 Å². The smallest absolute Gasteiger partial charge is 0.0901 e. The SMILES string of the molecule is Cc1nc(-c2ccc(Cc3cc([C@H]4C[C@@H](O)C[C@@H](CO)O4)ccc3Cl)cc2)cs1. The third-order valence-corrected chi connectivity index (χ3v) is 6.43. The Morgan fingerprint density at radius 3 is 2.66 bits per heavy atom. The first kappa shape index (κ1) is 20.5. The van der Waals surface area contributed by atoms with Crippen molar-refractivity contribution in [1.29, 1.82) is 0 Å². The lowest BCUT2D eigenvalue weighted by molar-refractivity contribution is -0.113. The Morgan fingerprint density at radius 2 is 1.97 bits per heavy atom. The van der Waals surface area contributed by atoms with Crippen LogP contribution in [0.25, 0.3) is 11.3 Å². The number of nitrogens with zero attached hydrogens (tertiary/aromatic N) is 1. The molecule has 29 heavy (non-hydrogen) atoms. The molecule has 3 atom stereocenters. The number of aliphatic hydroxyl groups excluding tert-OH is 2. The minimum absolute atomic E-state index is 0.0845. The highest BCUT2D eigenvalue weighted by molar-refractivity contribution is 7.09. The zero-order valence-corrected chi connectivity index (χ0v) is 17.8. The summed E-state index contributed by atoms with van der Waals surface area (Å²) in [4.78, 5) is 4.54. The second-order valence-corrected chi connectivity index (χ2v) is 9.00. The van der Waals surface area contributed by atoms with Crippen molar-refractivity contribution in [2.75, 3.05) is 6.61 Å². The van der Waals surface area contributed by atoms with Gasteiger partial charge in [-0.25, -0.2) is 4.98 Å². The number of ether oxygens (including phenoxy) is 1. The molecule has 6 heteroatoms. The number of benzene rings is 2. The number of halogens is 1. The van der Waals surface area contributed by atoms with Crippen LogP contribution in [-0.2, 0) is 11.2 Å². The van der Waals surface area contributed by atoms with Gasteiger partial charge in [-0.2, -0.15) is 0 Å². The van der Waals surface area contributed by atoms with E-state index in [4.69, 9.17) is 16.3 Å². The number of thiazole rings is 1. The first-order valence-corrected chi connectivity index (χ1v) is 11.0. The van der Waals surface area contributed by atoms with E-state index in [1.54, 1.807) is 11.3 Å². The molecule has 0 radical (unpaired) electrons. The fourth-order valence-electron chi connectivity index (χ4n) is 3.76. The second-order valence-electron chi connectivity index (χ2n) is 7.53. The largest absolute Gasteiger partial charge is 0.394 e. The lowest BCUT2D eigenvalue weighted by atomic mass is 9.94. The van der Waals surface area contributed by atoms with Crippen LogP contribution in [0.5, 0.6) is 0 Å². The highest BCUT2D eigenvalue weighted by Gasteiger charge is 2.29. The van der Waals surface area contributed by atoms with Crippen molar-refractivity contribution in [3.05, 3.63) is 74.6 Å². The molecule has 2 N–H and O–H groups in total. The highest BCUT2D eigenvalue weighted by Crippen LogP contribution is 2.34. The molecule has 4 nitrogen and oxygen atoms in total. The van der Waals surface area contributed by atoms with E-state index in [-0.39, 0.29) is 18.8 Å². The van der Waals surface area contributed by atoms with Gasteiger partial charge in [0.25, 0.3) is 0 Å². The Hall–Kier alpha value is -1.76. The van der Waals surface area contributed by atoms with Crippen molar-refractivity contribution >= 4 is 22.9 Å². The van der Waals surface area contributed by atoms with E-state index in [1.165, 1.54) is 0 Å². The first-order valence-electron chi connectivity index (χ1n) is 9.76. The third-order valence-electron chi connectivity index (χ3n) is 5.29. The number of rotatable bonds is 5. The van der Waals surface area contributed by atoms with E-state index in [0.717, 1.165) is 33.0 Å². The van der Waals surface area contributed by atoms with Crippen LogP contribution in [0.15, 0.2) is 47.8 Å². The highest BCUT2D eigenvalue weighted by atomic mass is 35.5. The predicted octanol–water partition coefficient (Wildman–Crippen LogP) is 4.94. The van der Waals surface area contributed by atoms with Gasteiger partial charge in [-0.15, -0.1) is 11.3 Å². The van der Waals surface area contributed by atoms with Crippen molar-refractivity contribution in [3.8, 4) is 11.3 Å². The fourth-order valence-corrected chi connectivity index (χ4v) is 4.57. The average molecular weight is 430 g/mol. The molecule has 0 spiro atoms. The topological polar surface area (TPSA) is 62.6 Å². The normalized spacial score (nSPS) is 22.0. The van der Waals surface area contributed by atoms with Crippen LogP contribution >= 0.6 is 22.9 Å². The van der Waals surface area contributed by atoms with E-state index in [1.807, 2.05) is 19.1 Å². The summed E-state index contributed by atoms with van der Waals surface area (Å²) in [6, 6.07) is 14.3. The monoisotopic (exact) mass is 429 g/mol. The molecular formula is C23H24ClNO3S. The molecule has 0 amide bonds. The molecule has 1 fully saturated rings. The van der Waals surface area contributed by atoms with Gasteiger partial charge in [0.15, 0.2) is 0 Å². The summed E-state index contributed by atoms with van der Waals surface area (Å²) >= 11 is 8.11. The van der Waals surface area contributed by atoms with E-state index >= 15 is 0 Å². The molecule has 0 unspecified atom stereocenters. The van der Waals surface area contributed by atoms with Gasteiger partial charge in [-0.1, -0.05) is 48.0 Å². The van der Waals surface area contributed by atoms with Gasteiger partial charge < -0.3 is 14.9 Å². The molecule has 152 valence electrons. The summed E-state index contributed by atoms with van der Waals surface area (Å²) in [5.41, 5.74) is 5.28. The predicted molar refractivity (Wildman–Crippen MR) is 116 cm³/mol. The number of aryl methyl sites for hydroxylation is 1. The summed E-state index contributed by atoms with van der Waals surface area (Å²) < 4.78 is 5.94. The number of aromatic nitrogens is 1. The van der Waals surface area contributed by atoms with Gasteiger partial charge in [-0.05, 0) is 36.1 Å². The molecule has 1 aliphatic rings. The van der Waals surface area contributed by atoms with Gasteiger partial charge in [0.05, 0.1) is 35.6 Å². The molecule has 0 bridgehead atoms. The maximum absolute atomic E-state index is 10.1. The zero-order chi connectivity index (χ0) is 20.4. The summed E-state index contributed by atoms with van der Waals surface area (Å²) in [6.45, 7) is 1.92. The van der Waals surface area contributed by atoms with Gasteiger partial charge in [-0.3, -0.25) is 0 Å². The Balaban J connectivity index is 1.52. The second kappa shape index (κ2) is 8.94. The van der Waals surface area contributed by atoms with E-state index in [0.29, 0.717) is 24.3 Å². The van der Waals surface area contributed by atoms with Crippen LogP contribution in [0.1, 0.15) is 40.6 Å². The van der Waals surface area contributed by atoms with Gasteiger partial charge >= 0.3 is 0 Å². The molecular weight excluding hydrogens is 406 g/mol. The van der Waals surface area contributed by atoms with Crippen molar-refractivity contribution in [2.45, 2.75) is 44.5 Å². The lowest BCUT2D eigenvalue weighted by Crippen LogP contribution is -2.33. The van der Waals surface area contributed by atoms with Crippen LogP contribution in [0, 0.1) is 6.92 Å². The average Bonchev–Trinajstić information content (AvgIpc) is 3.16. The molecule has 2 aromatic carbocycles. The molecule has 2 heterocycles. The Bertz CT molecular complexity index is 973. The third kappa shape index (κ3) is 4.87. The molecule has 4 rings (SSSR count). The quantitative estimate of drug-likeness (QED) is 0.603. The van der Waals surface area contributed by atoms with E-state index < -0.39 is 6.10 Å². The van der Waals surface area contributed by atoms with Crippen molar-refractivity contribution in [3.63, 3.8) is 0 Å². The van der Waals surface area contributed by atoms with Crippen molar-refractivity contribution in [1.82, 2.24) is 4.98 Å². The Kier molecular flexibility index (Phi) is 6.32. The van der Waals surface area contributed by atoms with E-state index in [2.05, 4.69) is 40.7 Å². The Labute approximate surface area is 179 Å². The molecule has 3 aromatic rings. The zero-order valence-electron chi connectivity index (χ0n) is 16.2. The minimum atomic E-state index is -0.466. The Morgan fingerprint density at radius 1 is 1.17 bits per heavy atom. The van der Waals surface area contributed by atoms with Gasteiger partial charge in [0.2, 0.25) is 0 Å². The number of hydrogen-bond donors (Lipinski definition) is 2. The number of hydrogen-bond acceptors (Lipinski definition) is 5. The maximum Gasteiger partial charge on any atom is 0.0901 e. The summed E-state index contributed by atoms with van der Waals surface area (Å²) in [5, 5.41) is 23.4.